The number of nitrogens with zero attached hydrogens (tertiary/aromatic N) is 2. The Labute approximate surface area is 156 Å². The van der Waals surface area contributed by atoms with Crippen molar-refractivity contribution in [1.82, 2.24) is 4.98 Å². The van der Waals surface area contributed by atoms with Crippen LogP contribution in [0.1, 0.15) is 23.2 Å². The van der Waals surface area contributed by atoms with Crippen molar-refractivity contribution in [1.29, 1.82) is 0 Å². The van der Waals surface area contributed by atoms with Gasteiger partial charge in [0.2, 0.25) is 0 Å². The van der Waals surface area contributed by atoms with Crippen LogP contribution in [0, 0.1) is 5.82 Å². The first-order valence-electron chi connectivity index (χ1n) is 8.02. The number of halogens is 2. The van der Waals surface area contributed by atoms with E-state index < -0.39 is 0 Å². The van der Waals surface area contributed by atoms with E-state index in [1.54, 1.807) is 11.3 Å². The van der Waals surface area contributed by atoms with Crippen molar-refractivity contribution in [2.45, 2.75) is 12.8 Å². The molecule has 0 unspecified atom stereocenters. The molecule has 0 spiro atoms. The molecule has 128 valence electrons. The number of hydrogen-bond donors (Lipinski definition) is 1. The van der Waals surface area contributed by atoms with E-state index in [9.17, 15) is 9.18 Å². The Bertz CT molecular complexity index is 953. The second-order valence-electron chi connectivity index (χ2n) is 5.95. The minimum atomic E-state index is -0.385. The molecule has 1 N–H and O–H groups in total. The fourth-order valence-corrected chi connectivity index (χ4v) is 4.49. The number of nitrogens with one attached hydrogen (secondary N) is 1. The van der Waals surface area contributed by atoms with Crippen LogP contribution in [0.2, 0.25) is 0 Å². The summed E-state index contributed by atoms with van der Waals surface area (Å²) in [6, 6.07) is 9.71. The second-order valence-corrected chi connectivity index (χ2v) is 7.81. The lowest BCUT2D eigenvalue weighted by Gasteiger charge is -2.11. The number of aromatic nitrogens is 1. The van der Waals surface area contributed by atoms with E-state index in [1.807, 2.05) is 18.2 Å². The summed E-state index contributed by atoms with van der Waals surface area (Å²) in [7, 11) is 0. The lowest BCUT2D eigenvalue weighted by Crippen LogP contribution is -2.16. The number of thiazole rings is 1. The van der Waals surface area contributed by atoms with Gasteiger partial charge < -0.3 is 10.2 Å². The lowest BCUT2D eigenvalue weighted by molar-refractivity contribution is 0.102. The van der Waals surface area contributed by atoms with Crippen molar-refractivity contribution in [3.05, 3.63) is 52.3 Å². The number of benzene rings is 2. The highest BCUT2D eigenvalue weighted by Gasteiger charge is 2.17. The number of amides is 1. The minimum absolute atomic E-state index is 0.282. The molecule has 1 aliphatic rings. The first kappa shape index (κ1) is 16.5. The van der Waals surface area contributed by atoms with Crippen LogP contribution in [0.3, 0.4) is 0 Å². The van der Waals surface area contributed by atoms with E-state index in [0.717, 1.165) is 28.4 Å². The maximum atomic E-state index is 13.2. The van der Waals surface area contributed by atoms with Gasteiger partial charge in [0.1, 0.15) is 5.82 Å². The molecule has 0 radical (unpaired) electrons. The molecule has 2 heterocycles. The number of fused-ring (bicyclic) bond motifs is 1. The molecule has 1 fully saturated rings. The number of carbonyl (C=O) groups excluding carboxylic acids is 1. The third-order valence-electron chi connectivity index (χ3n) is 4.19. The second kappa shape index (κ2) is 6.72. The smallest absolute Gasteiger partial charge is 0.256 e. The number of rotatable bonds is 3. The minimum Gasteiger partial charge on any atom is -0.348 e. The van der Waals surface area contributed by atoms with Gasteiger partial charge in [0, 0.05) is 23.2 Å². The average molecular weight is 420 g/mol. The van der Waals surface area contributed by atoms with Crippen molar-refractivity contribution in [3.8, 4) is 0 Å². The molecular formula is C18H15BrFN3OS. The zero-order chi connectivity index (χ0) is 17.4. The average Bonchev–Trinajstić information content (AvgIpc) is 3.23. The molecule has 1 saturated heterocycles. The lowest BCUT2D eigenvalue weighted by atomic mass is 10.2. The topological polar surface area (TPSA) is 45.2 Å². The van der Waals surface area contributed by atoms with Crippen LogP contribution in [0.15, 0.2) is 40.9 Å². The van der Waals surface area contributed by atoms with E-state index >= 15 is 0 Å². The molecule has 0 bridgehead atoms. The van der Waals surface area contributed by atoms with Crippen molar-refractivity contribution in [3.63, 3.8) is 0 Å². The zero-order valence-corrected chi connectivity index (χ0v) is 15.7. The number of carbonyl (C=O) groups is 1. The highest BCUT2D eigenvalue weighted by molar-refractivity contribution is 9.10. The molecule has 0 atom stereocenters. The number of hydrogen-bond acceptors (Lipinski definition) is 4. The van der Waals surface area contributed by atoms with Gasteiger partial charge in [-0.05, 0) is 65.2 Å². The Hall–Kier alpha value is -1.99. The molecular weight excluding hydrogens is 405 g/mol. The summed E-state index contributed by atoms with van der Waals surface area (Å²) in [6.07, 6.45) is 2.42. The van der Waals surface area contributed by atoms with E-state index in [2.05, 4.69) is 31.1 Å². The van der Waals surface area contributed by atoms with Gasteiger partial charge in [0.15, 0.2) is 5.13 Å². The molecule has 0 saturated carbocycles. The standard InChI is InChI=1S/C18H15BrFN3OS/c19-14-9-11(20)3-5-13(14)17(24)21-12-4-6-15-16(10-12)25-18(22-15)23-7-1-2-8-23/h3-6,9-10H,1-2,7-8H2,(H,21,24). The third kappa shape index (κ3) is 3.39. The zero-order valence-electron chi connectivity index (χ0n) is 13.3. The summed E-state index contributed by atoms with van der Waals surface area (Å²) in [6.45, 7) is 2.12. The highest BCUT2D eigenvalue weighted by Crippen LogP contribution is 2.32. The SMILES string of the molecule is O=C(Nc1ccc2nc(N3CCCC3)sc2c1)c1ccc(F)cc1Br. The number of anilines is 2. The fraction of sp³-hybridized carbons (Fsp3) is 0.222. The van der Waals surface area contributed by atoms with E-state index in [-0.39, 0.29) is 11.7 Å². The monoisotopic (exact) mass is 419 g/mol. The molecule has 2 aromatic carbocycles. The molecule has 25 heavy (non-hydrogen) atoms. The van der Waals surface area contributed by atoms with Crippen molar-refractivity contribution in [2.75, 3.05) is 23.3 Å². The molecule has 3 aromatic rings. The van der Waals surface area contributed by atoms with Gasteiger partial charge in [-0.25, -0.2) is 9.37 Å². The van der Waals surface area contributed by atoms with Gasteiger partial charge >= 0.3 is 0 Å². The van der Waals surface area contributed by atoms with Crippen LogP contribution in [0.4, 0.5) is 15.2 Å². The Kier molecular flexibility index (Phi) is 4.43. The van der Waals surface area contributed by atoms with Crippen LogP contribution in [0.5, 0.6) is 0 Å². The van der Waals surface area contributed by atoms with Gasteiger partial charge in [-0.1, -0.05) is 11.3 Å². The Morgan fingerprint density at radius 1 is 1.20 bits per heavy atom. The Morgan fingerprint density at radius 3 is 2.76 bits per heavy atom. The van der Waals surface area contributed by atoms with E-state index in [1.165, 1.54) is 31.0 Å². The van der Waals surface area contributed by atoms with Crippen LogP contribution in [0.25, 0.3) is 10.2 Å². The molecule has 1 amide bonds. The van der Waals surface area contributed by atoms with Crippen molar-refractivity contribution in [2.24, 2.45) is 0 Å². The van der Waals surface area contributed by atoms with Gasteiger partial charge in [-0.3, -0.25) is 4.79 Å². The maximum Gasteiger partial charge on any atom is 0.256 e. The Balaban J connectivity index is 1.57. The van der Waals surface area contributed by atoms with Crippen LogP contribution in [-0.4, -0.2) is 24.0 Å². The van der Waals surface area contributed by atoms with Crippen molar-refractivity contribution >= 4 is 54.2 Å². The van der Waals surface area contributed by atoms with Gasteiger partial charge in [0.25, 0.3) is 5.91 Å². The maximum absolute atomic E-state index is 13.2. The third-order valence-corrected chi connectivity index (χ3v) is 5.92. The highest BCUT2D eigenvalue weighted by atomic mass is 79.9. The largest absolute Gasteiger partial charge is 0.348 e. The summed E-state index contributed by atoms with van der Waals surface area (Å²) >= 11 is 4.87. The molecule has 7 heteroatoms. The van der Waals surface area contributed by atoms with Gasteiger partial charge in [-0.15, -0.1) is 0 Å². The Morgan fingerprint density at radius 2 is 2.00 bits per heavy atom. The van der Waals surface area contributed by atoms with Crippen LogP contribution < -0.4 is 10.2 Å². The first-order chi connectivity index (χ1) is 12.1. The van der Waals surface area contributed by atoms with E-state index in [0.29, 0.717) is 15.7 Å². The van der Waals surface area contributed by atoms with Gasteiger partial charge in [0.05, 0.1) is 15.8 Å². The summed E-state index contributed by atoms with van der Waals surface area (Å²) in [4.78, 5) is 19.4. The molecule has 0 aliphatic carbocycles. The van der Waals surface area contributed by atoms with Gasteiger partial charge in [-0.2, -0.15) is 0 Å². The molecule has 1 aliphatic heterocycles. The van der Waals surface area contributed by atoms with Crippen LogP contribution >= 0.6 is 27.3 Å². The normalized spacial score (nSPS) is 14.2. The quantitative estimate of drug-likeness (QED) is 0.645. The summed E-state index contributed by atoms with van der Waals surface area (Å²) in [5.41, 5.74) is 2.03. The molecule has 4 rings (SSSR count). The predicted molar refractivity (Wildman–Crippen MR) is 103 cm³/mol. The molecule has 1 aromatic heterocycles. The molecule has 4 nitrogen and oxygen atoms in total. The van der Waals surface area contributed by atoms with E-state index in [4.69, 9.17) is 0 Å². The first-order valence-corrected chi connectivity index (χ1v) is 9.63. The predicted octanol–water partition coefficient (Wildman–Crippen LogP) is 5.05. The summed E-state index contributed by atoms with van der Waals surface area (Å²) in [5.74, 6) is -0.667. The summed E-state index contributed by atoms with van der Waals surface area (Å²) in [5, 5.41) is 3.90. The summed E-state index contributed by atoms with van der Waals surface area (Å²) < 4.78 is 14.6. The van der Waals surface area contributed by atoms with Crippen LogP contribution in [-0.2, 0) is 0 Å². The van der Waals surface area contributed by atoms with Crippen molar-refractivity contribution < 1.29 is 9.18 Å². The fourth-order valence-electron chi connectivity index (χ4n) is 2.91.